The Balaban J connectivity index is 1.86. The summed E-state index contributed by atoms with van der Waals surface area (Å²) in [5.41, 5.74) is 0. The van der Waals surface area contributed by atoms with E-state index in [0.717, 1.165) is 0 Å². The summed E-state index contributed by atoms with van der Waals surface area (Å²) < 4.78 is 0. The van der Waals surface area contributed by atoms with Crippen molar-refractivity contribution in [2.45, 2.75) is 0 Å². The second-order valence-corrected chi connectivity index (χ2v) is 4.35. The Bertz CT molecular complexity index is 577. The third-order valence-corrected chi connectivity index (χ3v) is 2.51. The maximum absolute atomic E-state index is 5.73. The van der Waals surface area contributed by atoms with Gasteiger partial charge in [-0.2, -0.15) is 0 Å². The van der Waals surface area contributed by atoms with Gasteiger partial charge < -0.3 is 5.32 Å². The standard InChI is InChI=1S/C13H10Cl2N4/c14-10-2-4-12(18-8-10)16-6-1-7-17-13-5-3-11(15)9-19-13/h1-9H,(H,16,18)/b6-1+,17-7?. The molecule has 0 radical (unpaired) electrons. The maximum atomic E-state index is 5.73. The Morgan fingerprint density at radius 2 is 1.74 bits per heavy atom. The molecule has 0 aliphatic carbocycles. The largest absolute Gasteiger partial charge is 0.347 e. The molecule has 1 N–H and O–H groups in total. The van der Waals surface area contributed by atoms with Crippen LogP contribution < -0.4 is 5.32 Å². The maximum Gasteiger partial charge on any atom is 0.151 e. The fourth-order valence-corrected chi connectivity index (χ4v) is 1.43. The van der Waals surface area contributed by atoms with Crippen LogP contribution in [-0.4, -0.2) is 16.2 Å². The van der Waals surface area contributed by atoms with Gasteiger partial charge in [-0.05, 0) is 30.3 Å². The molecule has 0 spiro atoms. The molecule has 0 atom stereocenters. The van der Waals surface area contributed by atoms with Crippen molar-refractivity contribution in [1.29, 1.82) is 0 Å². The van der Waals surface area contributed by atoms with E-state index in [9.17, 15) is 0 Å². The number of hydrogen-bond donors (Lipinski definition) is 1. The van der Waals surface area contributed by atoms with E-state index in [1.807, 2.05) is 0 Å². The van der Waals surface area contributed by atoms with Crippen molar-refractivity contribution in [3.8, 4) is 0 Å². The SMILES string of the molecule is Clc1ccc(N=C/C=C/Nc2ccc(Cl)cn2)nc1. The lowest BCUT2D eigenvalue weighted by Gasteiger charge is -1.97. The number of nitrogens with zero attached hydrogens (tertiary/aromatic N) is 3. The number of allylic oxidation sites excluding steroid dienone is 1. The first-order valence-electron chi connectivity index (χ1n) is 5.43. The molecular weight excluding hydrogens is 283 g/mol. The molecule has 0 bridgehead atoms. The molecule has 0 aliphatic heterocycles. The van der Waals surface area contributed by atoms with Crippen molar-refractivity contribution in [1.82, 2.24) is 9.97 Å². The minimum absolute atomic E-state index is 0.588. The van der Waals surface area contributed by atoms with Gasteiger partial charge in [0.05, 0.1) is 10.0 Å². The normalized spacial score (nSPS) is 11.3. The highest BCUT2D eigenvalue weighted by molar-refractivity contribution is 6.30. The molecule has 0 aromatic carbocycles. The zero-order chi connectivity index (χ0) is 13.5. The van der Waals surface area contributed by atoms with Crippen molar-refractivity contribution < 1.29 is 0 Å². The van der Waals surface area contributed by atoms with Crippen molar-refractivity contribution >= 4 is 41.1 Å². The van der Waals surface area contributed by atoms with Crippen LogP contribution in [0.1, 0.15) is 0 Å². The minimum atomic E-state index is 0.588. The Kier molecular flexibility index (Phi) is 4.89. The van der Waals surface area contributed by atoms with Gasteiger partial charge in [0.25, 0.3) is 0 Å². The topological polar surface area (TPSA) is 50.2 Å². The Morgan fingerprint density at radius 3 is 2.37 bits per heavy atom. The molecule has 0 amide bonds. The molecule has 0 saturated heterocycles. The molecule has 2 aromatic rings. The zero-order valence-electron chi connectivity index (χ0n) is 9.79. The smallest absolute Gasteiger partial charge is 0.151 e. The number of aliphatic imine (C=N–C) groups is 1. The molecule has 4 nitrogen and oxygen atoms in total. The van der Waals surface area contributed by atoms with Crippen molar-refractivity contribution in [3.63, 3.8) is 0 Å². The minimum Gasteiger partial charge on any atom is -0.347 e. The number of pyridine rings is 2. The summed E-state index contributed by atoms with van der Waals surface area (Å²) in [7, 11) is 0. The van der Waals surface area contributed by atoms with E-state index in [-0.39, 0.29) is 0 Å². The molecule has 2 aromatic heterocycles. The molecule has 6 heteroatoms. The van der Waals surface area contributed by atoms with Crippen LogP contribution in [0.5, 0.6) is 0 Å². The van der Waals surface area contributed by atoms with Crippen LogP contribution in [0.3, 0.4) is 0 Å². The lowest BCUT2D eigenvalue weighted by molar-refractivity contribution is 1.28. The van der Waals surface area contributed by atoms with E-state index < -0.39 is 0 Å². The second kappa shape index (κ2) is 6.87. The molecule has 0 aliphatic rings. The van der Waals surface area contributed by atoms with Gasteiger partial charge >= 0.3 is 0 Å². The molecule has 0 unspecified atom stereocenters. The van der Waals surface area contributed by atoms with E-state index in [1.54, 1.807) is 55.1 Å². The fraction of sp³-hybridized carbons (Fsp3) is 0. The van der Waals surface area contributed by atoms with Gasteiger partial charge in [-0.15, -0.1) is 0 Å². The summed E-state index contributed by atoms with van der Waals surface area (Å²) in [4.78, 5) is 12.2. The summed E-state index contributed by atoms with van der Waals surface area (Å²) in [6.45, 7) is 0. The van der Waals surface area contributed by atoms with E-state index >= 15 is 0 Å². The van der Waals surface area contributed by atoms with Crippen molar-refractivity contribution in [3.05, 3.63) is 59.0 Å². The number of aromatic nitrogens is 2. The lowest BCUT2D eigenvalue weighted by Crippen LogP contribution is -1.89. The number of hydrogen-bond acceptors (Lipinski definition) is 4. The molecule has 96 valence electrons. The number of nitrogens with one attached hydrogen (secondary N) is 1. The zero-order valence-corrected chi connectivity index (χ0v) is 11.3. The van der Waals surface area contributed by atoms with Gasteiger partial charge in [0, 0.05) is 24.8 Å². The van der Waals surface area contributed by atoms with Crippen LogP contribution in [0.15, 0.2) is 53.9 Å². The van der Waals surface area contributed by atoms with Crippen LogP contribution in [0.2, 0.25) is 10.0 Å². The summed E-state index contributed by atoms with van der Waals surface area (Å²) >= 11 is 11.4. The molecule has 19 heavy (non-hydrogen) atoms. The van der Waals surface area contributed by atoms with Crippen molar-refractivity contribution in [2.75, 3.05) is 5.32 Å². The van der Waals surface area contributed by atoms with Gasteiger partial charge in [0.1, 0.15) is 5.82 Å². The molecular formula is C13H10Cl2N4. The first-order chi connectivity index (χ1) is 9.24. The summed E-state index contributed by atoms with van der Waals surface area (Å²) in [5, 5.41) is 4.17. The second-order valence-electron chi connectivity index (χ2n) is 3.48. The van der Waals surface area contributed by atoms with Gasteiger partial charge in [-0.3, -0.25) is 0 Å². The fourth-order valence-electron chi connectivity index (χ4n) is 1.20. The van der Waals surface area contributed by atoms with Gasteiger partial charge in [-0.1, -0.05) is 23.2 Å². The van der Waals surface area contributed by atoms with Gasteiger partial charge in [-0.25, -0.2) is 15.0 Å². The van der Waals surface area contributed by atoms with E-state index in [4.69, 9.17) is 23.2 Å². The van der Waals surface area contributed by atoms with E-state index in [2.05, 4.69) is 20.3 Å². The van der Waals surface area contributed by atoms with E-state index in [1.165, 1.54) is 0 Å². The quantitative estimate of drug-likeness (QED) is 0.863. The Morgan fingerprint density at radius 1 is 1.00 bits per heavy atom. The predicted molar refractivity (Wildman–Crippen MR) is 79.4 cm³/mol. The molecule has 0 saturated carbocycles. The summed E-state index contributed by atoms with van der Waals surface area (Å²) in [6.07, 6.45) is 8.21. The molecule has 2 heterocycles. The van der Waals surface area contributed by atoms with Crippen molar-refractivity contribution in [2.24, 2.45) is 4.99 Å². The highest BCUT2D eigenvalue weighted by Gasteiger charge is 1.90. The van der Waals surface area contributed by atoms with E-state index in [0.29, 0.717) is 21.7 Å². The third kappa shape index (κ3) is 4.69. The first-order valence-corrected chi connectivity index (χ1v) is 6.18. The lowest BCUT2D eigenvalue weighted by atomic mass is 10.4. The average Bonchev–Trinajstić information content (AvgIpc) is 2.43. The monoisotopic (exact) mass is 292 g/mol. The highest BCUT2D eigenvalue weighted by Crippen LogP contribution is 2.11. The molecule has 2 rings (SSSR count). The van der Waals surface area contributed by atoms with Crippen LogP contribution in [0.25, 0.3) is 0 Å². The van der Waals surface area contributed by atoms with Crippen LogP contribution >= 0.6 is 23.2 Å². The van der Waals surface area contributed by atoms with Crippen LogP contribution in [0.4, 0.5) is 11.6 Å². The number of halogens is 2. The average molecular weight is 293 g/mol. The Hall–Kier alpha value is -1.91. The number of rotatable bonds is 4. The van der Waals surface area contributed by atoms with Gasteiger partial charge in [0.2, 0.25) is 0 Å². The summed E-state index contributed by atoms with van der Waals surface area (Å²) in [6, 6.07) is 7.02. The first kappa shape index (κ1) is 13.5. The summed E-state index contributed by atoms with van der Waals surface area (Å²) in [5.74, 6) is 1.30. The predicted octanol–water partition coefficient (Wildman–Crippen LogP) is 4.11. The Labute approximate surface area is 120 Å². The highest BCUT2D eigenvalue weighted by atomic mass is 35.5. The third-order valence-electron chi connectivity index (χ3n) is 2.06. The molecule has 0 fully saturated rings. The van der Waals surface area contributed by atoms with Gasteiger partial charge in [0.15, 0.2) is 5.82 Å². The van der Waals surface area contributed by atoms with Crippen LogP contribution in [0, 0.1) is 0 Å². The number of anilines is 1. The van der Waals surface area contributed by atoms with Crippen LogP contribution in [-0.2, 0) is 0 Å².